The smallest absolute Gasteiger partial charge is 0.410 e. The SMILES string of the molecule is CCOC(=O)N1CCc2nc(NC(=O)CCCS(=O)(=O)c3ccc(Cl)cc3)sc2C1. The van der Waals surface area contributed by atoms with Crippen molar-refractivity contribution in [3.8, 4) is 0 Å². The Morgan fingerprint density at radius 1 is 1.30 bits per heavy atom. The van der Waals surface area contributed by atoms with Gasteiger partial charge in [-0.3, -0.25) is 4.79 Å². The van der Waals surface area contributed by atoms with Crippen molar-refractivity contribution >= 4 is 49.9 Å². The number of benzene rings is 1. The van der Waals surface area contributed by atoms with Crippen molar-refractivity contribution in [2.75, 3.05) is 24.2 Å². The normalized spacial score (nSPS) is 13.6. The number of halogens is 1. The summed E-state index contributed by atoms with van der Waals surface area (Å²) in [5.41, 5.74) is 0.862. The molecule has 8 nitrogen and oxygen atoms in total. The Bertz CT molecular complexity index is 1020. The van der Waals surface area contributed by atoms with Crippen LogP contribution < -0.4 is 5.32 Å². The van der Waals surface area contributed by atoms with Gasteiger partial charge >= 0.3 is 6.09 Å². The molecule has 0 saturated carbocycles. The molecular formula is C19H22ClN3O5S2. The summed E-state index contributed by atoms with van der Waals surface area (Å²) in [7, 11) is -3.47. The number of nitrogens with zero attached hydrogens (tertiary/aromatic N) is 2. The molecule has 2 aromatic rings. The molecule has 3 rings (SSSR count). The number of rotatable bonds is 7. The first-order valence-electron chi connectivity index (χ1n) is 9.47. The van der Waals surface area contributed by atoms with Crippen LogP contribution in [0, 0.1) is 0 Å². The molecule has 1 aromatic heterocycles. The van der Waals surface area contributed by atoms with Crippen LogP contribution in [0.5, 0.6) is 0 Å². The molecule has 0 spiro atoms. The molecule has 11 heteroatoms. The van der Waals surface area contributed by atoms with E-state index < -0.39 is 9.84 Å². The summed E-state index contributed by atoms with van der Waals surface area (Å²) in [5, 5.41) is 3.64. The van der Waals surface area contributed by atoms with Crippen LogP contribution >= 0.6 is 22.9 Å². The number of hydrogen-bond donors (Lipinski definition) is 1. The molecule has 0 unspecified atom stereocenters. The molecule has 0 radical (unpaired) electrons. The molecule has 2 amide bonds. The fourth-order valence-corrected chi connectivity index (χ4v) is 5.46. The maximum absolute atomic E-state index is 12.3. The third-order valence-corrected chi connectivity index (χ3v) is 7.56. The van der Waals surface area contributed by atoms with E-state index in [1.54, 1.807) is 11.8 Å². The first-order valence-corrected chi connectivity index (χ1v) is 12.3. The summed E-state index contributed by atoms with van der Waals surface area (Å²) in [6, 6.07) is 5.96. The number of aromatic nitrogens is 1. The predicted molar refractivity (Wildman–Crippen MR) is 115 cm³/mol. The van der Waals surface area contributed by atoms with Gasteiger partial charge in [0.05, 0.1) is 29.5 Å². The number of nitrogens with one attached hydrogen (secondary N) is 1. The van der Waals surface area contributed by atoms with Crippen molar-refractivity contribution in [2.45, 2.75) is 37.6 Å². The largest absolute Gasteiger partial charge is 0.450 e. The lowest BCUT2D eigenvalue weighted by atomic mass is 10.2. The van der Waals surface area contributed by atoms with E-state index in [0.29, 0.717) is 36.3 Å². The number of amides is 2. The van der Waals surface area contributed by atoms with E-state index in [0.717, 1.165) is 10.6 Å². The lowest BCUT2D eigenvalue weighted by Gasteiger charge is -2.24. The van der Waals surface area contributed by atoms with Crippen molar-refractivity contribution in [2.24, 2.45) is 0 Å². The third-order valence-electron chi connectivity index (χ3n) is 4.49. The van der Waals surface area contributed by atoms with Crippen LogP contribution in [0.15, 0.2) is 29.2 Å². The number of anilines is 1. The zero-order valence-corrected chi connectivity index (χ0v) is 18.8. The van der Waals surface area contributed by atoms with Gasteiger partial charge in [-0.15, -0.1) is 0 Å². The number of fused-ring (bicyclic) bond motifs is 1. The van der Waals surface area contributed by atoms with Crippen molar-refractivity contribution < 1.29 is 22.7 Å². The zero-order chi connectivity index (χ0) is 21.7. The van der Waals surface area contributed by atoms with Crippen LogP contribution in [-0.2, 0) is 32.3 Å². The minimum Gasteiger partial charge on any atom is -0.450 e. The molecule has 30 heavy (non-hydrogen) atoms. The summed E-state index contributed by atoms with van der Waals surface area (Å²) in [6.07, 6.45) is 0.494. The van der Waals surface area contributed by atoms with Crippen LogP contribution in [0.4, 0.5) is 9.93 Å². The average Bonchev–Trinajstić information content (AvgIpc) is 3.09. The highest BCUT2D eigenvalue weighted by molar-refractivity contribution is 7.91. The Morgan fingerprint density at radius 3 is 2.73 bits per heavy atom. The van der Waals surface area contributed by atoms with E-state index in [9.17, 15) is 18.0 Å². The zero-order valence-electron chi connectivity index (χ0n) is 16.4. The van der Waals surface area contributed by atoms with Gasteiger partial charge in [-0.1, -0.05) is 22.9 Å². The van der Waals surface area contributed by atoms with Crippen molar-refractivity contribution in [1.82, 2.24) is 9.88 Å². The topological polar surface area (TPSA) is 106 Å². The van der Waals surface area contributed by atoms with Crippen LogP contribution in [-0.4, -0.2) is 49.2 Å². The minimum absolute atomic E-state index is 0.0615. The quantitative estimate of drug-likeness (QED) is 0.662. The number of sulfone groups is 1. The van der Waals surface area contributed by atoms with E-state index >= 15 is 0 Å². The first kappa shape index (κ1) is 22.5. The molecule has 162 valence electrons. The van der Waals surface area contributed by atoms with Gasteiger partial charge in [0.2, 0.25) is 5.91 Å². The Hall–Kier alpha value is -2.17. The van der Waals surface area contributed by atoms with Gasteiger partial charge in [0.1, 0.15) is 0 Å². The molecule has 0 bridgehead atoms. The van der Waals surface area contributed by atoms with Gasteiger partial charge in [-0.05, 0) is 37.6 Å². The molecular weight excluding hydrogens is 450 g/mol. The Kier molecular flexibility index (Phi) is 7.32. The first-order chi connectivity index (χ1) is 14.3. The lowest BCUT2D eigenvalue weighted by molar-refractivity contribution is -0.116. The van der Waals surface area contributed by atoms with Gasteiger partial charge in [-0.25, -0.2) is 18.2 Å². The number of carbonyl (C=O) groups is 2. The van der Waals surface area contributed by atoms with Gasteiger partial charge < -0.3 is 15.0 Å². The second-order valence-electron chi connectivity index (χ2n) is 6.68. The molecule has 0 saturated heterocycles. The fourth-order valence-electron chi connectivity index (χ4n) is 2.98. The summed E-state index contributed by atoms with van der Waals surface area (Å²) in [4.78, 5) is 31.2. The summed E-state index contributed by atoms with van der Waals surface area (Å²) >= 11 is 7.10. The Morgan fingerprint density at radius 2 is 2.03 bits per heavy atom. The molecule has 0 fully saturated rings. The van der Waals surface area contributed by atoms with E-state index in [-0.39, 0.29) is 35.5 Å². The van der Waals surface area contributed by atoms with Crippen LogP contribution in [0.1, 0.15) is 30.3 Å². The van der Waals surface area contributed by atoms with Gasteiger partial charge in [0, 0.05) is 29.3 Å². The number of hydrogen-bond acceptors (Lipinski definition) is 7. The molecule has 2 heterocycles. The van der Waals surface area contributed by atoms with E-state index in [4.69, 9.17) is 16.3 Å². The van der Waals surface area contributed by atoms with Crippen molar-refractivity contribution in [1.29, 1.82) is 0 Å². The Labute approximate surface area is 184 Å². The highest BCUT2D eigenvalue weighted by Gasteiger charge is 2.25. The van der Waals surface area contributed by atoms with E-state index in [1.807, 2.05) is 0 Å². The number of thiazole rings is 1. The Balaban J connectivity index is 1.50. The minimum atomic E-state index is -3.47. The second-order valence-corrected chi connectivity index (χ2v) is 10.3. The van der Waals surface area contributed by atoms with Crippen LogP contribution in [0.2, 0.25) is 5.02 Å². The van der Waals surface area contributed by atoms with Gasteiger partial charge in [0.15, 0.2) is 15.0 Å². The maximum atomic E-state index is 12.3. The predicted octanol–water partition coefficient (Wildman–Crippen LogP) is 3.50. The van der Waals surface area contributed by atoms with Gasteiger partial charge in [0.25, 0.3) is 0 Å². The molecule has 1 aromatic carbocycles. The summed E-state index contributed by atoms with van der Waals surface area (Å²) < 4.78 is 29.7. The molecule has 0 aliphatic carbocycles. The van der Waals surface area contributed by atoms with E-state index in [2.05, 4.69) is 10.3 Å². The highest BCUT2D eigenvalue weighted by Crippen LogP contribution is 2.28. The third kappa shape index (κ3) is 5.71. The maximum Gasteiger partial charge on any atom is 0.410 e. The van der Waals surface area contributed by atoms with Crippen LogP contribution in [0.25, 0.3) is 0 Å². The van der Waals surface area contributed by atoms with Crippen molar-refractivity contribution in [3.05, 3.63) is 39.9 Å². The number of ether oxygens (including phenoxy) is 1. The summed E-state index contributed by atoms with van der Waals surface area (Å²) in [5.74, 6) is -0.431. The lowest BCUT2D eigenvalue weighted by Crippen LogP contribution is -2.35. The van der Waals surface area contributed by atoms with Crippen molar-refractivity contribution in [3.63, 3.8) is 0 Å². The average molecular weight is 472 g/mol. The molecule has 1 aliphatic rings. The summed E-state index contributed by atoms with van der Waals surface area (Å²) in [6.45, 7) is 3.00. The number of carbonyl (C=O) groups excluding carboxylic acids is 2. The second kappa shape index (κ2) is 9.76. The molecule has 1 N–H and O–H groups in total. The van der Waals surface area contributed by atoms with Crippen LogP contribution in [0.3, 0.4) is 0 Å². The highest BCUT2D eigenvalue weighted by atomic mass is 35.5. The monoisotopic (exact) mass is 471 g/mol. The molecule has 0 atom stereocenters. The van der Waals surface area contributed by atoms with Gasteiger partial charge in [-0.2, -0.15) is 0 Å². The molecule has 1 aliphatic heterocycles. The fraction of sp³-hybridized carbons (Fsp3) is 0.421. The van der Waals surface area contributed by atoms with E-state index in [1.165, 1.54) is 35.6 Å². The standard InChI is InChI=1S/C19H22ClN3O5S2/c1-2-28-19(25)23-10-9-15-16(12-23)29-18(21-15)22-17(24)4-3-11-30(26,27)14-7-5-13(20)6-8-14/h5-8H,2-4,9-12H2,1H3,(H,21,22,24).